The number of hydrogen-bond acceptors (Lipinski definition) is 2. The van der Waals surface area contributed by atoms with Crippen molar-refractivity contribution in [1.29, 1.82) is 0 Å². The van der Waals surface area contributed by atoms with Gasteiger partial charge in [-0.3, -0.25) is 4.79 Å². The van der Waals surface area contributed by atoms with Crippen molar-refractivity contribution in [1.82, 2.24) is 0 Å². The highest BCUT2D eigenvalue weighted by Gasteiger charge is 2.20. The zero-order valence-corrected chi connectivity index (χ0v) is 14.7. The van der Waals surface area contributed by atoms with E-state index in [0.29, 0.717) is 17.2 Å². The van der Waals surface area contributed by atoms with E-state index in [-0.39, 0.29) is 5.91 Å². The summed E-state index contributed by atoms with van der Waals surface area (Å²) in [6, 6.07) is 11.3. The summed E-state index contributed by atoms with van der Waals surface area (Å²) in [6.07, 6.45) is 0.0351. The van der Waals surface area contributed by atoms with Gasteiger partial charge in [-0.25, -0.2) is 0 Å². The molecule has 0 saturated carbocycles. The minimum absolute atomic E-state index is 0.141. The molecule has 0 aliphatic rings. The number of halogens is 1. The van der Waals surface area contributed by atoms with Crippen molar-refractivity contribution in [3.8, 4) is 5.75 Å². The fourth-order valence-electron chi connectivity index (χ4n) is 2.39. The van der Waals surface area contributed by atoms with Crippen LogP contribution in [-0.2, 0) is 4.79 Å². The largest absolute Gasteiger partial charge is 0.481 e. The van der Waals surface area contributed by atoms with Gasteiger partial charge in [0.1, 0.15) is 5.75 Å². The van der Waals surface area contributed by atoms with Gasteiger partial charge >= 0.3 is 0 Å². The third-order valence-electron chi connectivity index (χ3n) is 3.80. The topological polar surface area (TPSA) is 38.3 Å². The number of anilines is 1. The number of para-hydroxylation sites is 1. The van der Waals surface area contributed by atoms with E-state index in [0.717, 1.165) is 22.4 Å². The normalized spacial score (nSPS) is 11.9. The van der Waals surface area contributed by atoms with E-state index in [9.17, 15) is 4.79 Å². The number of carbonyl (C=O) groups is 1. The van der Waals surface area contributed by atoms with Gasteiger partial charge in [0.25, 0.3) is 5.91 Å². The molecule has 3 nitrogen and oxygen atoms in total. The second-order valence-corrected chi connectivity index (χ2v) is 6.09. The summed E-state index contributed by atoms with van der Waals surface area (Å²) in [5, 5.41) is 3.67. The Morgan fingerprint density at radius 2 is 1.78 bits per heavy atom. The SMILES string of the molecule is CC[C@@H](Oc1ccc(Cl)c(C)c1)C(=O)Nc1c(C)cccc1C. The maximum Gasteiger partial charge on any atom is 0.265 e. The van der Waals surface area contributed by atoms with Crippen molar-refractivity contribution >= 4 is 23.2 Å². The lowest BCUT2D eigenvalue weighted by atomic mass is 10.1. The molecule has 0 heterocycles. The lowest BCUT2D eigenvalue weighted by Gasteiger charge is -2.19. The smallest absolute Gasteiger partial charge is 0.265 e. The number of ether oxygens (including phenoxy) is 1. The predicted molar refractivity (Wildman–Crippen MR) is 95.4 cm³/mol. The molecule has 122 valence electrons. The van der Waals surface area contributed by atoms with Gasteiger partial charge in [-0.15, -0.1) is 0 Å². The monoisotopic (exact) mass is 331 g/mol. The summed E-state index contributed by atoms with van der Waals surface area (Å²) < 4.78 is 5.84. The Kier molecular flexibility index (Phi) is 5.67. The van der Waals surface area contributed by atoms with Crippen molar-refractivity contribution in [3.63, 3.8) is 0 Å². The molecule has 2 rings (SSSR count). The number of carbonyl (C=O) groups excluding carboxylic acids is 1. The van der Waals surface area contributed by atoms with Gasteiger partial charge in [0.15, 0.2) is 6.10 Å². The van der Waals surface area contributed by atoms with Crippen LogP contribution in [0.5, 0.6) is 5.75 Å². The molecule has 1 amide bonds. The molecule has 0 fully saturated rings. The lowest BCUT2D eigenvalue weighted by molar-refractivity contribution is -0.122. The predicted octanol–water partition coefficient (Wildman–Crippen LogP) is 5.06. The number of aryl methyl sites for hydroxylation is 3. The average Bonchev–Trinajstić information content (AvgIpc) is 2.52. The zero-order valence-electron chi connectivity index (χ0n) is 13.9. The van der Waals surface area contributed by atoms with Crippen LogP contribution in [0, 0.1) is 20.8 Å². The van der Waals surface area contributed by atoms with E-state index in [1.165, 1.54) is 0 Å². The van der Waals surface area contributed by atoms with Gasteiger partial charge in [0.2, 0.25) is 0 Å². The molecule has 0 unspecified atom stereocenters. The minimum atomic E-state index is -0.547. The molecule has 0 aliphatic carbocycles. The Labute approximate surface area is 142 Å². The molecule has 0 bridgehead atoms. The number of amides is 1. The minimum Gasteiger partial charge on any atom is -0.481 e. The van der Waals surface area contributed by atoms with E-state index in [1.54, 1.807) is 12.1 Å². The molecule has 0 spiro atoms. The first kappa shape index (κ1) is 17.4. The van der Waals surface area contributed by atoms with Gasteiger partial charge in [0, 0.05) is 10.7 Å². The van der Waals surface area contributed by atoms with Gasteiger partial charge in [-0.1, -0.05) is 36.7 Å². The van der Waals surface area contributed by atoms with Crippen LogP contribution in [0.15, 0.2) is 36.4 Å². The standard InChI is InChI=1S/C19H22ClNO2/c1-5-17(23-15-9-10-16(20)14(4)11-15)19(22)21-18-12(2)7-6-8-13(18)3/h6-11,17H,5H2,1-4H3,(H,21,22)/t17-/m1/s1. The molecule has 1 atom stereocenters. The summed E-state index contributed by atoms with van der Waals surface area (Å²) in [7, 11) is 0. The molecule has 0 aromatic heterocycles. The number of nitrogens with one attached hydrogen (secondary N) is 1. The number of hydrogen-bond donors (Lipinski definition) is 1. The second-order valence-electron chi connectivity index (χ2n) is 5.68. The first-order valence-electron chi connectivity index (χ1n) is 7.72. The van der Waals surface area contributed by atoms with Gasteiger partial charge in [-0.2, -0.15) is 0 Å². The Morgan fingerprint density at radius 1 is 1.13 bits per heavy atom. The van der Waals surface area contributed by atoms with E-state index in [1.807, 2.05) is 52.0 Å². The summed E-state index contributed by atoms with van der Waals surface area (Å²) in [5.74, 6) is 0.507. The van der Waals surface area contributed by atoms with Crippen LogP contribution in [0.3, 0.4) is 0 Å². The summed E-state index contributed by atoms with van der Waals surface area (Å²) in [5.41, 5.74) is 3.85. The van der Waals surface area contributed by atoms with E-state index in [4.69, 9.17) is 16.3 Å². The number of benzene rings is 2. The Morgan fingerprint density at radius 3 is 2.35 bits per heavy atom. The van der Waals surface area contributed by atoms with E-state index < -0.39 is 6.10 Å². The maximum atomic E-state index is 12.5. The highest BCUT2D eigenvalue weighted by molar-refractivity contribution is 6.31. The van der Waals surface area contributed by atoms with Crippen LogP contribution in [0.25, 0.3) is 0 Å². The van der Waals surface area contributed by atoms with Crippen LogP contribution in [0.2, 0.25) is 5.02 Å². The van der Waals surface area contributed by atoms with Gasteiger partial charge in [-0.05, 0) is 62.1 Å². The van der Waals surface area contributed by atoms with Crippen molar-refractivity contribution in [2.45, 2.75) is 40.2 Å². The van der Waals surface area contributed by atoms with Crippen LogP contribution in [0.1, 0.15) is 30.0 Å². The van der Waals surface area contributed by atoms with E-state index >= 15 is 0 Å². The van der Waals surface area contributed by atoms with Crippen molar-refractivity contribution in [3.05, 3.63) is 58.1 Å². The highest BCUT2D eigenvalue weighted by Crippen LogP contribution is 2.24. The molecular weight excluding hydrogens is 310 g/mol. The molecule has 4 heteroatoms. The van der Waals surface area contributed by atoms with Crippen LogP contribution < -0.4 is 10.1 Å². The van der Waals surface area contributed by atoms with E-state index in [2.05, 4.69) is 5.32 Å². The third kappa shape index (κ3) is 4.26. The molecular formula is C19H22ClNO2. The fraction of sp³-hybridized carbons (Fsp3) is 0.316. The molecule has 23 heavy (non-hydrogen) atoms. The maximum absolute atomic E-state index is 12.5. The molecule has 0 aliphatic heterocycles. The second kappa shape index (κ2) is 7.51. The van der Waals surface area contributed by atoms with Gasteiger partial charge < -0.3 is 10.1 Å². The molecule has 2 aromatic rings. The summed E-state index contributed by atoms with van der Waals surface area (Å²) >= 11 is 6.02. The Balaban J connectivity index is 2.13. The third-order valence-corrected chi connectivity index (χ3v) is 4.22. The highest BCUT2D eigenvalue weighted by atomic mass is 35.5. The average molecular weight is 332 g/mol. The Bertz CT molecular complexity index is 692. The molecule has 0 radical (unpaired) electrons. The Hall–Kier alpha value is -2.00. The summed E-state index contributed by atoms with van der Waals surface area (Å²) in [6.45, 7) is 7.80. The lowest BCUT2D eigenvalue weighted by Crippen LogP contribution is -2.32. The first-order chi connectivity index (χ1) is 10.9. The van der Waals surface area contributed by atoms with Gasteiger partial charge in [0.05, 0.1) is 0 Å². The van der Waals surface area contributed by atoms with Crippen LogP contribution in [-0.4, -0.2) is 12.0 Å². The van der Waals surface area contributed by atoms with Crippen molar-refractivity contribution < 1.29 is 9.53 Å². The van der Waals surface area contributed by atoms with Crippen molar-refractivity contribution in [2.24, 2.45) is 0 Å². The van der Waals surface area contributed by atoms with Crippen LogP contribution >= 0.6 is 11.6 Å². The zero-order chi connectivity index (χ0) is 17.0. The molecule has 1 N–H and O–H groups in total. The summed E-state index contributed by atoms with van der Waals surface area (Å²) in [4.78, 5) is 12.5. The number of rotatable bonds is 5. The van der Waals surface area contributed by atoms with Crippen molar-refractivity contribution in [2.75, 3.05) is 5.32 Å². The molecule has 0 saturated heterocycles. The molecule has 2 aromatic carbocycles. The van der Waals surface area contributed by atoms with Crippen LogP contribution in [0.4, 0.5) is 5.69 Å². The quantitative estimate of drug-likeness (QED) is 0.831. The first-order valence-corrected chi connectivity index (χ1v) is 8.10. The fourth-order valence-corrected chi connectivity index (χ4v) is 2.51.